The quantitative estimate of drug-likeness (QED) is 0.0687. The molecular weight excluding hydrogens is 490 g/mol. The number of hydrogen-bond acceptors (Lipinski definition) is 8. The van der Waals surface area contributed by atoms with Crippen LogP contribution in [0.4, 0.5) is 0 Å². The minimum absolute atomic E-state index is 0.0471. The fourth-order valence-electron chi connectivity index (χ4n) is 3.14. The third-order valence-electron chi connectivity index (χ3n) is 5.02. The van der Waals surface area contributed by atoms with Crippen LogP contribution in [0.3, 0.4) is 0 Å². The average Bonchev–Trinajstić information content (AvgIpc) is 2.83. The second kappa shape index (κ2) is 16.2. The topological polar surface area (TPSA) is 235 Å². The van der Waals surface area contributed by atoms with Crippen molar-refractivity contribution in [3.05, 3.63) is 29.8 Å². The van der Waals surface area contributed by atoms with Gasteiger partial charge in [0.2, 0.25) is 17.7 Å². The number of guanidine groups is 1. The molecule has 11 N–H and O–H groups in total. The minimum atomic E-state index is -1.23. The van der Waals surface area contributed by atoms with E-state index in [-0.39, 0.29) is 44.1 Å². The highest BCUT2D eigenvalue weighted by Crippen LogP contribution is 2.12. The normalized spacial score (nSPS) is 13.1. The number of phenols is 1. The number of benzene rings is 1. The third kappa shape index (κ3) is 11.8. The molecule has 1 rings (SSSR count). The van der Waals surface area contributed by atoms with Gasteiger partial charge in [-0.15, -0.1) is 0 Å². The summed E-state index contributed by atoms with van der Waals surface area (Å²) in [5.74, 6) is -2.65. The molecule has 3 unspecified atom stereocenters. The van der Waals surface area contributed by atoms with Gasteiger partial charge >= 0.3 is 5.97 Å². The van der Waals surface area contributed by atoms with Crippen LogP contribution in [0.5, 0.6) is 5.75 Å². The van der Waals surface area contributed by atoms with Crippen LogP contribution in [0, 0.1) is 0 Å². The Morgan fingerprint density at radius 2 is 1.58 bits per heavy atom. The molecule has 36 heavy (non-hydrogen) atoms. The van der Waals surface area contributed by atoms with Gasteiger partial charge in [0, 0.05) is 13.0 Å². The number of hydrogen-bond donors (Lipinski definition) is 8. The molecule has 1 aromatic rings. The number of carbonyl (C=O) groups excluding carboxylic acids is 3. The van der Waals surface area contributed by atoms with Gasteiger partial charge in [-0.1, -0.05) is 12.1 Å². The second-order valence-electron chi connectivity index (χ2n) is 7.89. The van der Waals surface area contributed by atoms with Gasteiger partial charge in [-0.2, -0.15) is 11.8 Å². The van der Waals surface area contributed by atoms with E-state index < -0.39 is 41.8 Å². The summed E-state index contributed by atoms with van der Waals surface area (Å²) in [6, 6.07) is 2.80. The minimum Gasteiger partial charge on any atom is -0.508 e. The zero-order valence-electron chi connectivity index (χ0n) is 20.1. The lowest BCUT2D eigenvalue weighted by Gasteiger charge is -2.24. The summed E-state index contributed by atoms with van der Waals surface area (Å²) in [4.78, 5) is 53.4. The number of amides is 3. The van der Waals surface area contributed by atoms with Gasteiger partial charge in [0.25, 0.3) is 0 Å². The van der Waals surface area contributed by atoms with Gasteiger partial charge in [-0.25, -0.2) is 4.79 Å². The molecule has 14 heteroatoms. The average molecular weight is 526 g/mol. The van der Waals surface area contributed by atoms with E-state index in [0.29, 0.717) is 17.7 Å². The van der Waals surface area contributed by atoms with Gasteiger partial charge < -0.3 is 43.4 Å². The maximum Gasteiger partial charge on any atom is 0.326 e. The Kier molecular flexibility index (Phi) is 13.7. The lowest BCUT2D eigenvalue weighted by Crippen LogP contribution is -2.56. The van der Waals surface area contributed by atoms with Crippen molar-refractivity contribution in [2.24, 2.45) is 22.2 Å². The van der Waals surface area contributed by atoms with Crippen LogP contribution in [-0.2, 0) is 25.6 Å². The van der Waals surface area contributed by atoms with Crippen molar-refractivity contribution in [1.82, 2.24) is 16.0 Å². The van der Waals surface area contributed by atoms with Crippen LogP contribution in [0.15, 0.2) is 29.3 Å². The first kappa shape index (κ1) is 30.5. The summed E-state index contributed by atoms with van der Waals surface area (Å²) in [6.07, 6.45) is 2.54. The summed E-state index contributed by atoms with van der Waals surface area (Å²) in [6.45, 7) is -0.135. The second-order valence-corrected chi connectivity index (χ2v) is 8.87. The van der Waals surface area contributed by atoms with Crippen LogP contribution in [-0.4, -0.2) is 83.1 Å². The SMILES string of the molecule is CSCCC(NC(=O)C(Cc1ccc(O)cc1)NC(=O)CN)C(=O)NC(CCCN=C(N)N)C(=O)O. The highest BCUT2D eigenvalue weighted by Gasteiger charge is 2.29. The van der Waals surface area contributed by atoms with E-state index in [1.165, 1.54) is 23.9 Å². The Morgan fingerprint density at radius 1 is 0.972 bits per heavy atom. The van der Waals surface area contributed by atoms with E-state index in [1.54, 1.807) is 12.1 Å². The van der Waals surface area contributed by atoms with Crippen molar-refractivity contribution < 1.29 is 29.4 Å². The van der Waals surface area contributed by atoms with Gasteiger partial charge in [-0.3, -0.25) is 19.4 Å². The number of carboxylic acids is 1. The van der Waals surface area contributed by atoms with Crippen LogP contribution < -0.4 is 33.2 Å². The number of nitrogens with two attached hydrogens (primary N) is 3. The maximum atomic E-state index is 13.1. The molecule has 0 saturated heterocycles. The Morgan fingerprint density at radius 3 is 2.14 bits per heavy atom. The molecule has 0 saturated carbocycles. The first-order valence-electron chi connectivity index (χ1n) is 11.2. The number of carboxylic acid groups (broad SMARTS) is 1. The number of aliphatic imine (C=N–C) groups is 1. The highest BCUT2D eigenvalue weighted by atomic mass is 32.2. The lowest BCUT2D eigenvalue weighted by molar-refractivity contribution is -0.142. The molecule has 13 nitrogen and oxygen atoms in total. The number of nitrogens with zero attached hydrogens (tertiary/aromatic N) is 1. The number of aromatic hydroxyl groups is 1. The molecule has 0 heterocycles. The molecule has 0 aliphatic heterocycles. The van der Waals surface area contributed by atoms with Crippen LogP contribution in [0.25, 0.3) is 0 Å². The Balaban J connectivity index is 2.96. The standard InChI is InChI=1S/C22H35N7O6S/c1-36-10-8-15(19(32)29-16(21(34)35)3-2-9-26-22(24)25)28-20(33)17(27-18(31)12-23)11-13-4-6-14(30)7-5-13/h4-7,15-17,30H,2-3,8-12,23H2,1H3,(H,27,31)(H,28,33)(H,29,32)(H,34,35)(H4,24,25,26). The van der Waals surface area contributed by atoms with Crippen molar-refractivity contribution in [2.75, 3.05) is 25.1 Å². The van der Waals surface area contributed by atoms with E-state index in [1.807, 2.05) is 6.26 Å². The van der Waals surface area contributed by atoms with Gasteiger partial charge in [-0.05, 0) is 49.0 Å². The van der Waals surface area contributed by atoms with Crippen molar-refractivity contribution in [3.8, 4) is 5.75 Å². The first-order chi connectivity index (χ1) is 17.1. The van der Waals surface area contributed by atoms with Gasteiger partial charge in [0.1, 0.15) is 23.9 Å². The van der Waals surface area contributed by atoms with Gasteiger partial charge in [0.05, 0.1) is 6.54 Å². The van der Waals surface area contributed by atoms with Crippen LogP contribution >= 0.6 is 11.8 Å². The molecule has 3 atom stereocenters. The fraction of sp³-hybridized carbons (Fsp3) is 0.500. The number of rotatable bonds is 16. The monoisotopic (exact) mass is 525 g/mol. The number of aliphatic carboxylic acids is 1. The number of thioether (sulfide) groups is 1. The Hall–Kier alpha value is -3.52. The van der Waals surface area contributed by atoms with Crippen molar-refractivity contribution in [1.29, 1.82) is 0 Å². The van der Waals surface area contributed by atoms with E-state index in [0.717, 1.165) is 0 Å². The van der Waals surface area contributed by atoms with Gasteiger partial charge in [0.15, 0.2) is 5.96 Å². The van der Waals surface area contributed by atoms with E-state index in [9.17, 15) is 29.4 Å². The van der Waals surface area contributed by atoms with Crippen LogP contribution in [0.2, 0.25) is 0 Å². The molecule has 0 aliphatic carbocycles. The number of phenolic OH excluding ortho intramolecular Hbond substituents is 1. The molecule has 0 aromatic heterocycles. The zero-order chi connectivity index (χ0) is 27.1. The molecule has 0 aliphatic rings. The number of carbonyl (C=O) groups is 4. The summed E-state index contributed by atoms with van der Waals surface area (Å²) in [7, 11) is 0. The molecule has 200 valence electrons. The Labute approximate surface area is 213 Å². The predicted octanol–water partition coefficient (Wildman–Crippen LogP) is -1.76. The molecule has 3 amide bonds. The van der Waals surface area contributed by atoms with E-state index in [4.69, 9.17) is 17.2 Å². The molecule has 1 aromatic carbocycles. The van der Waals surface area contributed by atoms with Crippen molar-refractivity contribution in [3.63, 3.8) is 0 Å². The lowest BCUT2D eigenvalue weighted by atomic mass is 10.0. The Bertz CT molecular complexity index is 909. The fourth-order valence-corrected chi connectivity index (χ4v) is 3.61. The number of nitrogens with one attached hydrogen (secondary N) is 3. The van der Waals surface area contributed by atoms with Crippen molar-refractivity contribution in [2.45, 2.75) is 43.8 Å². The van der Waals surface area contributed by atoms with E-state index >= 15 is 0 Å². The molecule has 0 fully saturated rings. The smallest absolute Gasteiger partial charge is 0.326 e. The zero-order valence-corrected chi connectivity index (χ0v) is 20.9. The van der Waals surface area contributed by atoms with E-state index in [2.05, 4.69) is 20.9 Å². The molecule has 0 bridgehead atoms. The molecular formula is C22H35N7O6S. The maximum absolute atomic E-state index is 13.1. The summed E-state index contributed by atoms with van der Waals surface area (Å²) < 4.78 is 0. The summed E-state index contributed by atoms with van der Waals surface area (Å²) >= 11 is 1.45. The largest absolute Gasteiger partial charge is 0.508 e. The third-order valence-corrected chi connectivity index (χ3v) is 5.66. The summed E-state index contributed by atoms with van der Waals surface area (Å²) in [5.41, 5.74) is 16.5. The van der Waals surface area contributed by atoms with Crippen LogP contribution in [0.1, 0.15) is 24.8 Å². The highest BCUT2D eigenvalue weighted by molar-refractivity contribution is 7.98. The summed E-state index contributed by atoms with van der Waals surface area (Å²) in [5, 5.41) is 26.6. The van der Waals surface area contributed by atoms with Crippen molar-refractivity contribution >= 4 is 41.4 Å². The first-order valence-corrected chi connectivity index (χ1v) is 12.6. The molecule has 0 radical (unpaired) electrons. The predicted molar refractivity (Wildman–Crippen MR) is 137 cm³/mol. The molecule has 0 spiro atoms.